The number of nitrogens with zero attached hydrogens (tertiary/aromatic N) is 5. The Hall–Kier alpha value is -4.10. The molecule has 1 fully saturated rings. The topological polar surface area (TPSA) is 130 Å². The number of carbonyl (C=O) groups is 2. The Labute approximate surface area is 275 Å². The normalized spacial score (nSPS) is 16.2. The van der Waals surface area contributed by atoms with Crippen LogP contribution in [0.2, 0.25) is 10.0 Å². The fourth-order valence-corrected chi connectivity index (χ4v) is 7.55. The summed E-state index contributed by atoms with van der Waals surface area (Å²) >= 11 is 14.8. The molecule has 1 amide bonds. The van der Waals surface area contributed by atoms with Gasteiger partial charge in [-0.25, -0.2) is 4.98 Å². The smallest absolute Gasteiger partial charge is 0.301 e. The number of aromatic hydroxyl groups is 1. The lowest BCUT2D eigenvalue weighted by atomic mass is 9.96. The predicted octanol–water partition coefficient (Wildman–Crippen LogP) is 7.13. The number of Topliss-reactive ketones (excluding diaryl/α,β-unsaturated/α-hetero) is 1. The van der Waals surface area contributed by atoms with Crippen molar-refractivity contribution in [3.63, 3.8) is 0 Å². The number of benzene rings is 2. The largest absolute Gasteiger partial charge is 0.505 e. The quantitative estimate of drug-likeness (QED) is 0.0577. The van der Waals surface area contributed by atoms with Gasteiger partial charge in [0.05, 0.1) is 23.9 Å². The number of anilines is 1. The van der Waals surface area contributed by atoms with E-state index in [1.54, 1.807) is 32.0 Å². The van der Waals surface area contributed by atoms with Gasteiger partial charge in [0.15, 0.2) is 21.6 Å². The molecular formula is C31H25Cl2N5O5S2. The molecule has 1 saturated heterocycles. The van der Waals surface area contributed by atoms with Crippen LogP contribution in [-0.4, -0.2) is 48.1 Å². The van der Waals surface area contributed by atoms with E-state index in [1.807, 2.05) is 35.7 Å². The van der Waals surface area contributed by atoms with Crippen LogP contribution in [-0.2, 0) is 15.3 Å². The Balaban J connectivity index is 1.45. The average Bonchev–Trinajstić information content (AvgIpc) is 3.69. The number of ketones is 1. The van der Waals surface area contributed by atoms with Crippen LogP contribution in [0.15, 0.2) is 64.6 Å². The molecule has 0 aliphatic carbocycles. The maximum Gasteiger partial charge on any atom is 0.301 e. The molecule has 4 heterocycles. The van der Waals surface area contributed by atoms with Crippen molar-refractivity contribution in [2.24, 2.45) is 0 Å². The van der Waals surface area contributed by atoms with Crippen LogP contribution in [0.1, 0.15) is 41.0 Å². The van der Waals surface area contributed by atoms with E-state index in [-0.39, 0.29) is 34.5 Å². The first-order valence-corrected chi connectivity index (χ1v) is 16.3. The predicted molar refractivity (Wildman–Crippen MR) is 175 cm³/mol. The van der Waals surface area contributed by atoms with Crippen molar-refractivity contribution in [1.29, 1.82) is 0 Å². The first kappa shape index (κ1) is 30.9. The number of carbonyl (C=O) groups excluding carboxylic acids is 2. The average molecular weight is 683 g/mol. The monoisotopic (exact) mass is 681 g/mol. The van der Waals surface area contributed by atoms with Crippen molar-refractivity contribution in [1.82, 2.24) is 19.6 Å². The van der Waals surface area contributed by atoms with E-state index < -0.39 is 23.5 Å². The second-order valence-electron chi connectivity index (χ2n) is 10.1. The molecule has 0 saturated carbocycles. The molecule has 1 atom stereocenters. The number of fused-ring (bicyclic) bond motifs is 1. The van der Waals surface area contributed by atoms with E-state index in [4.69, 9.17) is 27.9 Å². The van der Waals surface area contributed by atoms with Crippen LogP contribution in [0.5, 0.6) is 11.5 Å². The molecule has 0 spiro atoms. The summed E-state index contributed by atoms with van der Waals surface area (Å²) in [6.45, 7) is 5.70. The molecule has 230 valence electrons. The Morgan fingerprint density at radius 1 is 1.11 bits per heavy atom. The second-order valence-corrected chi connectivity index (χ2v) is 13.2. The van der Waals surface area contributed by atoms with Crippen molar-refractivity contribution in [2.75, 3.05) is 11.5 Å². The van der Waals surface area contributed by atoms with Crippen LogP contribution < -0.4 is 9.64 Å². The summed E-state index contributed by atoms with van der Waals surface area (Å²) in [6, 6.07) is 12.4. The molecule has 10 nitrogen and oxygen atoms in total. The second kappa shape index (κ2) is 12.4. The Kier molecular flexibility index (Phi) is 8.49. The molecule has 6 rings (SSSR count). The van der Waals surface area contributed by atoms with E-state index in [0.717, 1.165) is 22.5 Å². The van der Waals surface area contributed by atoms with Crippen molar-refractivity contribution in [3.05, 3.63) is 98.4 Å². The molecule has 5 aromatic rings. The number of hydrogen-bond donors (Lipinski definition) is 2. The molecule has 1 aliphatic heterocycles. The lowest BCUT2D eigenvalue weighted by Crippen LogP contribution is -2.29. The molecule has 2 N–H and O–H groups in total. The van der Waals surface area contributed by atoms with Crippen LogP contribution in [0.4, 0.5) is 5.13 Å². The fourth-order valence-electron chi connectivity index (χ4n) is 5.13. The Morgan fingerprint density at radius 3 is 2.64 bits per heavy atom. The highest BCUT2D eigenvalue weighted by molar-refractivity contribution is 8.00. The van der Waals surface area contributed by atoms with Gasteiger partial charge in [0.1, 0.15) is 11.3 Å². The summed E-state index contributed by atoms with van der Waals surface area (Å²) in [5, 5.41) is 31.8. The summed E-state index contributed by atoms with van der Waals surface area (Å²) in [4.78, 5) is 33.3. The number of phenolic OH excluding ortho intramolecular Hbond substituents is 1. The van der Waals surface area contributed by atoms with Gasteiger partial charge in [-0.1, -0.05) is 64.5 Å². The first-order chi connectivity index (χ1) is 21.6. The minimum atomic E-state index is -1.12. The molecule has 1 aliphatic rings. The molecule has 14 heteroatoms. The maximum absolute atomic E-state index is 13.7. The molecule has 0 radical (unpaired) electrons. The Morgan fingerprint density at radius 2 is 1.91 bits per heavy atom. The number of aliphatic hydroxyl groups excluding tert-OH is 1. The van der Waals surface area contributed by atoms with Gasteiger partial charge in [0.25, 0.3) is 5.78 Å². The van der Waals surface area contributed by atoms with E-state index >= 15 is 0 Å². The summed E-state index contributed by atoms with van der Waals surface area (Å²) in [5.74, 6) is -1.71. The number of aromatic nitrogens is 4. The number of imidazole rings is 1. The number of aryl methyl sites for hydroxylation is 2. The third-order valence-corrected chi connectivity index (χ3v) is 10.0. The minimum absolute atomic E-state index is 0.111. The van der Waals surface area contributed by atoms with Crippen molar-refractivity contribution < 1.29 is 24.5 Å². The van der Waals surface area contributed by atoms with Crippen LogP contribution >= 0.6 is 46.3 Å². The number of phenols is 1. The third kappa shape index (κ3) is 5.63. The lowest BCUT2D eigenvalue weighted by molar-refractivity contribution is -0.132. The molecule has 0 bridgehead atoms. The van der Waals surface area contributed by atoms with Crippen LogP contribution in [0.25, 0.3) is 11.4 Å². The van der Waals surface area contributed by atoms with Gasteiger partial charge in [-0.3, -0.25) is 14.5 Å². The fraction of sp³-hybridized carbons (Fsp3) is 0.194. The van der Waals surface area contributed by atoms with E-state index in [9.17, 15) is 19.8 Å². The first-order valence-electron chi connectivity index (χ1n) is 13.7. The SMILES string of the molecule is CCOc1cc(C2/C(=C(\O)c3nc4c(C)cccn4c3C)C(=O)C(=O)N2c2nnc(SCc3ccc(Cl)cc3Cl)s2)ccc1O. The number of aliphatic hydroxyl groups is 1. The highest BCUT2D eigenvalue weighted by atomic mass is 35.5. The van der Waals surface area contributed by atoms with E-state index in [0.29, 0.717) is 37.0 Å². The lowest BCUT2D eigenvalue weighted by Gasteiger charge is -2.23. The van der Waals surface area contributed by atoms with Crippen molar-refractivity contribution in [3.8, 4) is 11.5 Å². The molecule has 3 aromatic heterocycles. The van der Waals surface area contributed by atoms with Gasteiger partial charge >= 0.3 is 5.91 Å². The summed E-state index contributed by atoms with van der Waals surface area (Å²) < 4.78 is 7.94. The van der Waals surface area contributed by atoms with Crippen LogP contribution in [0, 0.1) is 13.8 Å². The maximum atomic E-state index is 13.7. The summed E-state index contributed by atoms with van der Waals surface area (Å²) in [7, 11) is 0. The molecular weight excluding hydrogens is 657 g/mol. The number of ether oxygens (including phenoxy) is 1. The van der Waals surface area contributed by atoms with Gasteiger partial charge in [0, 0.05) is 22.0 Å². The molecule has 2 aromatic carbocycles. The van der Waals surface area contributed by atoms with E-state index in [1.165, 1.54) is 28.8 Å². The zero-order valence-electron chi connectivity index (χ0n) is 24.1. The number of thioether (sulfide) groups is 1. The van der Waals surface area contributed by atoms with Gasteiger partial charge in [-0.2, -0.15) is 0 Å². The zero-order chi connectivity index (χ0) is 32.0. The number of amides is 1. The number of pyridine rings is 1. The van der Waals surface area contributed by atoms with Gasteiger partial charge in [-0.05, 0) is 67.8 Å². The zero-order valence-corrected chi connectivity index (χ0v) is 27.3. The summed E-state index contributed by atoms with van der Waals surface area (Å²) in [5.41, 5.74) is 3.32. The highest BCUT2D eigenvalue weighted by Gasteiger charge is 2.49. The highest BCUT2D eigenvalue weighted by Crippen LogP contribution is 2.46. The van der Waals surface area contributed by atoms with Gasteiger partial charge in [0.2, 0.25) is 5.13 Å². The molecule has 45 heavy (non-hydrogen) atoms. The number of hydrogen-bond acceptors (Lipinski definition) is 10. The van der Waals surface area contributed by atoms with E-state index in [2.05, 4.69) is 15.2 Å². The molecule has 1 unspecified atom stereocenters. The van der Waals surface area contributed by atoms with Crippen LogP contribution in [0.3, 0.4) is 0 Å². The van der Waals surface area contributed by atoms with Crippen molar-refractivity contribution >= 4 is 74.5 Å². The van der Waals surface area contributed by atoms with Gasteiger partial charge < -0.3 is 19.4 Å². The minimum Gasteiger partial charge on any atom is -0.505 e. The number of halogens is 2. The number of rotatable bonds is 8. The van der Waals surface area contributed by atoms with Crippen molar-refractivity contribution in [2.45, 2.75) is 36.9 Å². The third-order valence-electron chi connectivity index (χ3n) is 7.32. The summed E-state index contributed by atoms with van der Waals surface area (Å²) in [6.07, 6.45) is 1.81. The van der Waals surface area contributed by atoms with Gasteiger partial charge in [-0.15, -0.1) is 10.2 Å². The standard InChI is InChI=1S/C31H25Cl2N5O5S2/c1-4-43-22-12-17(8-10-21(22)39)25-23(26(40)24-16(3)37-11-5-6-15(2)28(37)34-24)27(41)29(42)38(25)30-35-36-31(45-30)44-14-18-7-9-19(32)13-20(18)33/h5-13,25,39-40H,4,14H2,1-3H3/b26-23+. The Bertz CT molecular complexity index is 2020.